The third-order valence-corrected chi connectivity index (χ3v) is 6.47. The summed E-state index contributed by atoms with van der Waals surface area (Å²) in [4.78, 5) is 5.30. The van der Waals surface area contributed by atoms with E-state index in [9.17, 15) is 0 Å². The number of pyridine rings is 1. The standard InChI is InChI=1S/C28H24N2/c1-2-19-14-16-20(17-15-19)25-26-22-11-6-7-13-24(22)30-18-8-12-23(28(26)30)29-27(25)21-9-4-3-5-10-21/h3-7,9-11,13-17H,2,8,12,18H2,1H3. The summed E-state index contributed by atoms with van der Waals surface area (Å²) in [6.07, 6.45) is 3.24. The van der Waals surface area contributed by atoms with Crippen molar-refractivity contribution in [3.8, 4) is 22.4 Å². The van der Waals surface area contributed by atoms with Crippen molar-refractivity contribution in [3.05, 3.63) is 90.1 Å². The van der Waals surface area contributed by atoms with E-state index in [0.29, 0.717) is 0 Å². The van der Waals surface area contributed by atoms with E-state index in [-0.39, 0.29) is 0 Å². The van der Waals surface area contributed by atoms with Gasteiger partial charge in [-0.05, 0) is 36.5 Å². The van der Waals surface area contributed by atoms with Gasteiger partial charge in [0.25, 0.3) is 0 Å². The molecule has 0 radical (unpaired) electrons. The van der Waals surface area contributed by atoms with Crippen LogP contribution >= 0.6 is 0 Å². The van der Waals surface area contributed by atoms with Crippen LogP contribution < -0.4 is 0 Å². The van der Waals surface area contributed by atoms with Gasteiger partial charge in [0, 0.05) is 34.0 Å². The topological polar surface area (TPSA) is 17.8 Å². The van der Waals surface area contributed by atoms with Gasteiger partial charge < -0.3 is 4.57 Å². The molecule has 6 rings (SSSR count). The highest BCUT2D eigenvalue weighted by molar-refractivity contribution is 6.18. The van der Waals surface area contributed by atoms with Crippen molar-refractivity contribution in [2.24, 2.45) is 0 Å². The van der Waals surface area contributed by atoms with Gasteiger partial charge in [-0.3, -0.25) is 0 Å². The number of aryl methyl sites for hydroxylation is 3. The van der Waals surface area contributed by atoms with E-state index < -0.39 is 0 Å². The zero-order valence-electron chi connectivity index (χ0n) is 17.2. The second kappa shape index (κ2) is 6.84. The van der Waals surface area contributed by atoms with Crippen LogP contribution in [0.25, 0.3) is 44.2 Å². The Labute approximate surface area is 176 Å². The first-order valence-corrected chi connectivity index (χ1v) is 10.9. The average molecular weight is 389 g/mol. The molecule has 2 aromatic heterocycles. The maximum absolute atomic E-state index is 5.30. The highest BCUT2D eigenvalue weighted by Gasteiger charge is 2.25. The number of nitrogens with zero attached hydrogens (tertiary/aromatic N) is 2. The smallest absolute Gasteiger partial charge is 0.0791 e. The van der Waals surface area contributed by atoms with Crippen LogP contribution in [-0.4, -0.2) is 9.55 Å². The van der Waals surface area contributed by atoms with Gasteiger partial charge in [0.1, 0.15) is 0 Å². The number of fused-ring (bicyclic) bond motifs is 3. The van der Waals surface area contributed by atoms with Crippen LogP contribution in [0.2, 0.25) is 0 Å². The maximum atomic E-state index is 5.30. The molecule has 3 heterocycles. The highest BCUT2D eigenvalue weighted by atomic mass is 15.0. The van der Waals surface area contributed by atoms with Crippen LogP contribution in [0.5, 0.6) is 0 Å². The third-order valence-electron chi connectivity index (χ3n) is 6.47. The van der Waals surface area contributed by atoms with Gasteiger partial charge in [-0.25, -0.2) is 4.98 Å². The first-order chi connectivity index (χ1) is 14.8. The summed E-state index contributed by atoms with van der Waals surface area (Å²) in [5, 5.41) is 2.70. The van der Waals surface area contributed by atoms with Crippen molar-refractivity contribution in [1.82, 2.24) is 9.55 Å². The van der Waals surface area contributed by atoms with Crippen molar-refractivity contribution in [2.45, 2.75) is 32.7 Å². The molecule has 1 aliphatic rings. The molecule has 0 fully saturated rings. The van der Waals surface area contributed by atoms with Crippen molar-refractivity contribution in [1.29, 1.82) is 0 Å². The lowest BCUT2D eigenvalue weighted by Crippen LogP contribution is -2.10. The van der Waals surface area contributed by atoms with Crippen molar-refractivity contribution < 1.29 is 0 Å². The van der Waals surface area contributed by atoms with Gasteiger partial charge in [-0.2, -0.15) is 0 Å². The fraction of sp³-hybridized carbons (Fsp3) is 0.179. The molecule has 0 bridgehead atoms. The van der Waals surface area contributed by atoms with E-state index in [4.69, 9.17) is 4.98 Å². The zero-order chi connectivity index (χ0) is 20.1. The van der Waals surface area contributed by atoms with E-state index in [1.165, 1.54) is 49.8 Å². The predicted octanol–water partition coefficient (Wildman–Crippen LogP) is 7.03. The quantitative estimate of drug-likeness (QED) is 0.324. The minimum atomic E-state index is 1.04. The Morgan fingerprint density at radius 2 is 1.60 bits per heavy atom. The Hall–Kier alpha value is -3.39. The molecule has 0 spiro atoms. The van der Waals surface area contributed by atoms with E-state index in [1.807, 2.05) is 0 Å². The summed E-state index contributed by atoms with van der Waals surface area (Å²) in [6.45, 7) is 3.27. The molecule has 146 valence electrons. The lowest BCUT2D eigenvalue weighted by atomic mass is 9.92. The van der Waals surface area contributed by atoms with Gasteiger partial charge >= 0.3 is 0 Å². The molecule has 30 heavy (non-hydrogen) atoms. The largest absolute Gasteiger partial charge is 0.339 e. The lowest BCUT2D eigenvalue weighted by Gasteiger charge is -2.20. The van der Waals surface area contributed by atoms with Gasteiger partial charge in [-0.15, -0.1) is 0 Å². The minimum absolute atomic E-state index is 1.04. The van der Waals surface area contributed by atoms with Crippen LogP contribution in [0, 0.1) is 0 Å². The van der Waals surface area contributed by atoms with Crippen LogP contribution in [0.3, 0.4) is 0 Å². The van der Waals surface area contributed by atoms with Crippen molar-refractivity contribution in [2.75, 3.05) is 0 Å². The van der Waals surface area contributed by atoms with Crippen LogP contribution in [-0.2, 0) is 19.4 Å². The molecule has 1 aliphatic heterocycles. The first-order valence-electron chi connectivity index (χ1n) is 10.9. The summed E-state index contributed by atoms with van der Waals surface area (Å²) >= 11 is 0. The van der Waals surface area contributed by atoms with Gasteiger partial charge in [0.15, 0.2) is 0 Å². The lowest BCUT2D eigenvalue weighted by molar-refractivity contribution is 0.641. The minimum Gasteiger partial charge on any atom is -0.339 e. The molecule has 0 aliphatic carbocycles. The Bertz CT molecular complexity index is 1380. The third kappa shape index (κ3) is 2.53. The molecule has 0 atom stereocenters. The Morgan fingerprint density at radius 3 is 2.40 bits per heavy atom. The number of hydrogen-bond acceptors (Lipinski definition) is 1. The number of para-hydroxylation sites is 1. The summed E-state index contributed by atoms with van der Waals surface area (Å²) in [7, 11) is 0. The van der Waals surface area contributed by atoms with E-state index >= 15 is 0 Å². The molecular weight excluding hydrogens is 364 g/mol. The second-order valence-electron chi connectivity index (χ2n) is 8.19. The first kappa shape index (κ1) is 17.5. The fourth-order valence-corrected chi connectivity index (χ4v) is 5.02. The number of hydrogen-bond donors (Lipinski definition) is 0. The van der Waals surface area contributed by atoms with Crippen molar-refractivity contribution >= 4 is 21.8 Å². The second-order valence-corrected chi connectivity index (χ2v) is 8.19. The number of benzene rings is 3. The molecular formula is C28H24N2. The number of aromatic nitrogens is 2. The number of rotatable bonds is 3. The maximum Gasteiger partial charge on any atom is 0.0791 e. The van der Waals surface area contributed by atoms with Gasteiger partial charge in [0.2, 0.25) is 0 Å². The Kier molecular flexibility index (Phi) is 3.98. The fourth-order valence-electron chi connectivity index (χ4n) is 5.02. The monoisotopic (exact) mass is 388 g/mol. The molecule has 2 nitrogen and oxygen atoms in total. The van der Waals surface area contributed by atoms with Crippen LogP contribution in [0.4, 0.5) is 0 Å². The van der Waals surface area contributed by atoms with Crippen LogP contribution in [0.1, 0.15) is 24.6 Å². The Morgan fingerprint density at radius 1 is 0.833 bits per heavy atom. The van der Waals surface area contributed by atoms with Gasteiger partial charge in [-0.1, -0.05) is 79.7 Å². The molecule has 0 N–H and O–H groups in total. The molecule has 5 aromatic rings. The average Bonchev–Trinajstić information content (AvgIpc) is 3.16. The molecule has 0 amide bonds. The summed E-state index contributed by atoms with van der Waals surface area (Å²) in [5.41, 5.74) is 10.1. The highest BCUT2D eigenvalue weighted by Crippen LogP contribution is 2.44. The summed E-state index contributed by atoms with van der Waals surface area (Å²) in [5.74, 6) is 0. The normalized spacial score (nSPS) is 13.2. The zero-order valence-corrected chi connectivity index (χ0v) is 17.2. The van der Waals surface area contributed by atoms with E-state index in [0.717, 1.165) is 31.5 Å². The van der Waals surface area contributed by atoms with Gasteiger partial charge in [0.05, 0.1) is 16.9 Å². The summed E-state index contributed by atoms with van der Waals surface area (Å²) < 4.78 is 2.50. The van der Waals surface area contributed by atoms with Crippen molar-refractivity contribution in [3.63, 3.8) is 0 Å². The molecule has 0 unspecified atom stereocenters. The summed E-state index contributed by atoms with van der Waals surface area (Å²) in [6, 6.07) is 28.6. The molecule has 0 saturated carbocycles. The molecule has 3 aromatic carbocycles. The SMILES string of the molecule is CCc1ccc(-c2c(-c3ccccc3)nc3c4c2c2ccccc2n4CCC3)cc1. The molecule has 2 heteroatoms. The predicted molar refractivity (Wildman–Crippen MR) is 126 cm³/mol. The Balaban J connectivity index is 1.80. The molecule has 0 saturated heterocycles. The van der Waals surface area contributed by atoms with E-state index in [2.05, 4.69) is 90.4 Å². The van der Waals surface area contributed by atoms with Crippen LogP contribution in [0.15, 0.2) is 78.9 Å². The van der Waals surface area contributed by atoms with E-state index in [1.54, 1.807) is 0 Å².